The van der Waals surface area contributed by atoms with Gasteiger partial charge in [-0.3, -0.25) is 33.3 Å². The van der Waals surface area contributed by atoms with Gasteiger partial charge in [0.15, 0.2) is 0 Å². The van der Waals surface area contributed by atoms with Crippen LogP contribution in [0.15, 0.2) is 76.5 Å². The molecule has 87 heavy (non-hydrogen) atoms. The summed E-state index contributed by atoms with van der Waals surface area (Å²) in [5.41, 5.74) is 2.75. The SMILES string of the molecule is CNC(=O)C[C@@H]1NC(=O)c2csc(n2)-c2ccc(-c3nc(-n4cnc(C(=O)N5CCC[C@@H]5C(=O)O)c4)cs3)nc2-c2csc(n2)-c2csc(n2)[C@H]([C@@H](O)c2ccccc2)NC(=O)CNC(=O)c2nc(sc2COC)[C@@H](C(C)C)NC(=O)c2nc1sc2C. The Morgan fingerprint density at radius 2 is 1.48 bits per heavy atom. The average molecular weight is 1290 g/mol. The molecule has 31 heteroatoms. The van der Waals surface area contributed by atoms with E-state index in [0.29, 0.717) is 93.9 Å². The molecule has 0 radical (unpaired) electrons. The number of likely N-dealkylation sites (tertiary alicyclic amines) is 1. The zero-order chi connectivity index (χ0) is 61.2. The molecule has 0 unspecified atom stereocenters. The van der Waals surface area contributed by atoms with E-state index in [1.54, 1.807) is 75.5 Å². The number of aryl methyl sites for hydroxylation is 1. The van der Waals surface area contributed by atoms with Crippen molar-refractivity contribution in [3.8, 4) is 49.2 Å². The monoisotopic (exact) mass is 1290 g/mol. The number of rotatable bonds is 11. The van der Waals surface area contributed by atoms with Gasteiger partial charge in [0.05, 0.1) is 42.2 Å². The van der Waals surface area contributed by atoms with Crippen molar-refractivity contribution < 1.29 is 48.5 Å². The van der Waals surface area contributed by atoms with E-state index in [4.69, 9.17) is 39.6 Å². The van der Waals surface area contributed by atoms with E-state index in [-0.39, 0.29) is 46.7 Å². The van der Waals surface area contributed by atoms with Crippen LogP contribution in [0.25, 0.3) is 49.2 Å². The lowest BCUT2D eigenvalue weighted by Gasteiger charge is -2.23. The number of thiazole rings is 6. The Hall–Kier alpha value is -8.43. The van der Waals surface area contributed by atoms with Gasteiger partial charge in [-0.2, -0.15) is 0 Å². The molecule has 2 aliphatic rings. The van der Waals surface area contributed by atoms with Crippen LogP contribution in [-0.4, -0.2) is 134 Å². The maximum absolute atomic E-state index is 14.4. The Kier molecular flexibility index (Phi) is 17.9. The zero-order valence-corrected chi connectivity index (χ0v) is 51.7. The molecule has 8 aromatic heterocycles. The number of carbonyl (C=O) groups excluding carboxylic acids is 6. The third-order valence-corrected chi connectivity index (χ3v) is 19.8. The summed E-state index contributed by atoms with van der Waals surface area (Å²) in [5.74, 6) is -4.30. The predicted molar refractivity (Wildman–Crippen MR) is 326 cm³/mol. The van der Waals surface area contributed by atoms with Crippen LogP contribution in [0.5, 0.6) is 0 Å². The van der Waals surface area contributed by atoms with Gasteiger partial charge in [-0.25, -0.2) is 44.7 Å². The normalized spacial score (nSPS) is 17.9. The van der Waals surface area contributed by atoms with Crippen LogP contribution in [0.2, 0.25) is 0 Å². The van der Waals surface area contributed by atoms with Crippen LogP contribution in [0, 0.1) is 12.8 Å². The molecule has 0 saturated carbocycles. The van der Waals surface area contributed by atoms with Crippen LogP contribution in [0.4, 0.5) is 0 Å². The smallest absolute Gasteiger partial charge is 0.326 e. The van der Waals surface area contributed by atoms with Crippen LogP contribution in [0.3, 0.4) is 0 Å². The summed E-state index contributed by atoms with van der Waals surface area (Å²) in [6.07, 6.45) is 2.35. The fourth-order valence-electron chi connectivity index (χ4n) is 9.67. The van der Waals surface area contributed by atoms with Gasteiger partial charge in [0.2, 0.25) is 11.8 Å². The van der Waals surface area contributed by atoms with Crippen molar-refractivity contribution in [3.63, 3.8) is 0 Å². The quantitative estimate of drug-likeness (QED) is 0.0673. The van der Waals surface area contributed by atoms with E-state index >= 15 is 0 Å². The summed E-state index contributed by atoms with van der Waals surface area (Å²) >= 11 is 7.20. The van der Waals surface area contributed by atoms with E-state index in [1.165, 1.54) is 88.3 Å². The molecule has 448 valence electrons. The number of benzene rings is 1. The Balaban J connectivity index is 0.975. The Bertz CT molecular complexity index is 4090. The van der Waals surface area contributed by atoms with E-state index in [2.05, 4.69) is 31.6 Å². The summed E-state index contributed by atoms with van der Waals surface area (Å²) in [6, 6.07) is 8.55. The molecule has 9 aromatic rings. The van der Waals surface area contributed by atoms with Gasteiger partial charge in [0, 0.05) is 58.9 Å². The molecule has 1 saturated heterocycles. The molecular formula is C56H53N15O10S6. The Labute approximate surface area is 519 Å². The highest BCUT2D eigenvalue weighted by molar-refractivity contribution is 7.15. The van der Waals surface area contributed by atoms with Crippen LogP contribution < -0.4 is 26.6 Å². The number of pyridine rings is 1. The summed E-state index contributed by atoms with van der Waals surface area (Å²) < 4.78 is 7.02. The lowest BCUT2D eigenvalue weighted by atomic mass is 10.0. The molecule has 7 N–H and O–H groups in total. The Morgan fingerprint density at radius 3 is 2.25 bits per heavy atom. The number of aliphatic hydroxyl groups excluding tert-OH is 1. The number of carboxylic acids is 1. The number of nitrogens with one attached hydrogen (secondary N) is 5. The Morgan fingerprint density at radius 1 is 0.747 bits per heavy atom. The van der Waals surface area contributed by atoms with Crippen LogP contribution >= 0.6 is 68.0 Å². The van der Waals surface area contributed by atoms with Gasteiger partial charge in [-0.1, -0.05) is 44.2 Å². The van der Waals surface area contributed by atoms with Crippen molar-refractivity contribution in [1.82, 2.24) is 75.9 Å². The van der Waals surface area contributed by atoms with Crippen LogP contribution in [0.1, 0.15) is 130 Å². The summed E-state index contributed by atoms with van der Waals surface area (Å²) in [7, 11) is 2.94. The largest absolute Gasteiger partial charge is 0.480 e. The molecule has 1 aromatic carbocycles. The molecule has 0 aliphatic carbocycles. The van der Waals surface area contributed by atoms with E-state index in [9.17, 15) is 43.8 Å². The van der Waals surface area contributed by atoms with E-state index in [1.807, 2.05) is 13.8 Å². The highest BCUT2D eigenvalue weighted by atomic mass is 32.1. The maximum Gasteiger partial charge on any atom is 0.326 e. The number of hydrogen-bond donors (Lipinski definition) is 7. The minimum Gasteiger partial charge on any atom is -0.480 e. The third-order valence-electron chi connectivity index (χ3n) is 14.1. The molecule has 2 aliphatic heterocycles. The molecule has 10 bridgehead atoms. The highest BCUT2D eigenvalue weighted by Crippen LogP contribution is 2.40. The number of fused-ring (bicyclic) bond motifs is 14. The number of methoxy groups -OCH3 is 1. The molecule has 5 atom stereocenters. The fraction of sp³-hybridized carbons (Fsp3) is 0.304. The molecular weight excluding hydrogens is 1240 g/mol. The lowest BCUT2D eigenvalue weighted by molar-refractivity contribution is -0.141. The summed E-state index contributed by atoms with van der Waals surface area (Å²) in [6.45, 7) is 5.25. The minimum atomic E-state index is -1.29. The number of carboxylic acid groups (broad SMARTS) is 1. The van der Waals surface area contributed by atoms with Gasteiger partial charge in [0.1, 0.15) is 100 Å². The molecule has 0 spiro atoms. The van der Waals surface area contributed by atoms with Gasteiger partial charge >= 0.3 is 5.97 Å². The second kappa shape index (κ2) is 25.9. The van der Waals surface area contributed by atoms with Crippen molar-refractivity contribution in [2.45, 2.75) is 76.9 Å². The average Bonchev–Trinajstić information content (AvgIpc) is 2.71. The number of carbonyl (C=O) groups is 7. The standard InChI is InChI=1S/C56H53N15O10S6/c1-25(2)40-54-69-43(36(87-54)19-81-5)47(76)58-17-39(73)66-44(45(74)27-10-7-6-8-11-27)53-64-34(22-84-53)51-62-32(20-83-51)42-28(49-63-33(21-82-49)46(75)61-30(16-38(72)57-4)52-68-41(26(3)86-52)48(77)67-40)13-14-29(60-42)50-65-37(23-85-50)70-18-31(59-24-70)55(78)71-15-9-12-35(71)56(79)80/h6-8,10-11,13-14,18,20-25,30,35,40,44-45,74H,9,12,15-17,19H2,1-5H3,(H,57,72)(H,58,76)(H,61,75)(H,66,73)(H,67,77)(H,79,80)/t30-,35+,40+,44-,45-/m0/s1. The van der Waals surface area contributed by atoms with Crippen molar-refractivity contribution in [2.24, 2.45) is 5.92 Å². The zero-order valence-electron chi connectivity index (χ0n) is 46.8. The van der Waals surface area contributed by atoms with Crippen molar-refractivity contribution >= 4 is 109 Å². The second-order valence-corrected chi connectivity index (χ2v) is 26.1. The first-order chi connectivity index (χ1) is 41.9. The van der Waals surface area contributed by atoms with Crippen molar-refractivity contribution in [2.75, 3.05) is 27.2 Å². The fourth-order valence-corrected chi connectivity index (χ4v) is 15.2. The van der Waals surface area contributed by atoms with Crippen molar-refractivity contribution in [3.05, 3.63) is 130 Å². The number of aliphatic hydroxyl groups is 1. The number of aliphatic carboxylic acids is 1. The maximum atomic E-state index is 14.4. The number of aromatic nitrogens is 9. The number of amides is 6. The van der Waals surface area contributed by atoms with Crippen LogP contribution in [-0.2, 0) is 25.7 Å². The minimum absolute atomic E-state index is 0.00267. The molecule has 11 rings (SSSR count). The summed E-state index contributed by atoms with van der Waals surface area (Å²) in [4.78, 5) is 136. The number of imidazole rings is 1. The van der Waals surface area contributed by atoms with Gasteiger partial charge in [-0.05, 0) is 43.4 Å². The van der Waals surface area contributed by atoms with Gasteiger partial charge in [0.25, 0.3) is 23.6 Å². The van der Waals surface area contributed by atoms with E-state index < -0.39 is 78.2 Å². The first kappa shape index (κ1) is 60.3. The van der Waals surface area contributed by atoms with Crippen molar-refractivity contribution in [1.29, 1.82) is 0 Å². The van der Waals surface area contributed by atoms with Gasteiger partial charge < -0.3 is 46.4 Å². The molecule has 10 heterocycles. The topological polar surface area (TPSA) is 341 Å². The highest BCUT2D eigenvalue weighted by Gasteiger charge is 2.36. The number of hydrogen-bond acceptors (Lipinski definition) is 23. The summed E-state index contributed by atoms with van der Waals surface area (Å²) in [5, 5.41) is 45.0. The third kappa shape index (κ3) is 12.9. The molecule has 25 nitrogen and oxygen atoms in total. The number of ether oxygens (including phenoxy) is 1. The lowest BCUT2D eigenvalue weighted by Crippen LogP contribution is -2.40. The predicted octanol–water partition coefficient (Wildman–Crippen LogP) is 7.19. The van der Waals surface area contributed by atoms with Gasteiger partial charge in [-0.15, -0.1) is 68.0 Å². The first-order valence-electron chi connectivity index (χ1n) is 27.0. The molecule has 1 fully saturated rings. The second-order valence-electron chi connectivity index (χ2n) is 20.3. The first-order valence-corrected chi connectivity index (χ1v) is 32.1. The van der Waals surface area contributed by atoms with E-state index in [0.717, 1.165) is 11.3 Å². The number of nitrogens with zero attached hydrogens (tertiary/aromatic N) is 10. The molecule has 6 amide bonds.